The molecule has 27 heavy (non-hydrogen) atoms. The largest absolute Gasteiger partial charge is 0.493 e. The number of aryl methyl sites for hydroxylation is 1. The van der Waals surface area contributed by atoms with Crippen LogP contribution < -0.4 is 15.4 Å². The van der Waals surface area contributed by atoms with Crippen molar-refractivity contribution >= 4 is 5.96 Å². The summed E-state index contributed by atoms with van der Waals surface area (Å²) in [5.74, 6) is 3.03. The molecule has 0 spiro atoms. The third-order valence-corrected chi connectivity index (χ3v) is 4.36. The third kappa shape index (κ3) is 6.27. The van der Waals surface area contributed by atoms with Crippen molar-refractivity contribution in [3.63, 3.8) is 0 Å². The quantitative estimate of drug-likeness (QED) is 0.550. The van der Waals surface area contributed by atoms with Crippen LogP contribution in [0.2, 0.25) is 0 Å². The van der Waals surface area contributed by atoms with Gasteiger partial charge in [0.1, 0.15) is 17.9 Å². The summed E-state index contributed by atoms with van der Waals surface area (Å²) in [5.41, 5.74) is 1.19. The fourth-order valence-corrected chi connectivity index (χ4v) is 2.54. The first-order chi connectivity index (χ1) is 12.8. The van der Waals surface area contributed by atoms with Crippen molar-refractivity contribution in [1.82, 2.24) is 25.4 Å². The second-order valence-electron chi connectivity index (χ2n) is 7.69. The van der Waals surface area contributed by atoms with Crippen LogP contribution in [0.1, 0.15) is 39.1 Å². The van der Waals surface area contributed by atoms with Crippen LogP contribution >= 0.6 is 0 Å². The van der Waals surface area contributed by atoms with E-state index in [1.165, 1.54) is 5.56 Å². The Kier molecular flexibility index (Phi) is 7.21. The van der Waals surface area contributed by atoms with Gasteiger partial charge in [-0.15, -0.1) is 0 Å². The lowest BCUT2D eigenvalue weighted by atomic mass is 9.84. The summed E-state index contributed by atoms with van der Waals surface area (Å²) in [6, 6.07) is 8.35. The number of ether oxygens (including phenoxy) is 1. The lowest BCUT2D eigenvalue weighted by Gasteiger charge is -2.27. The molecule has 148 valence electrons. The highest BCUT2D eigenvalue weighted by molar-refractivity contribution is 5.79. The summed E-state index contributed by atoms with van der Waals surface area (Å²) >= 11 is 0. The van der Waals surface area contributed by atoms with E-state index in [2.05, 4.69) is 65.5 Å². The molecule has 0 aliphatic rings. The Morgan fingerprint density at radius 2 is 1.93 bits per heavy atom. The summed E-state index contributed by atoms with van der Waals surface area (Å²) in [4.78, 5) is 8.49. The number of guanidine groups is 1. The number of hydrogen-bond acceptors (Lipinski definition) is 4. The number of hydrogen-bond donors (Lipinski definition) is 2. The van der Waals surface area contributed by atoms with Crippen molar-refractivity contribution in [2.75, 3.05) is 20.2 Å². The van der Waals surface area contributed by atoms with Gasteiger partial charge in [-0.05, 0) is 23.6 Å². The summed E-state index contributed by atoms with van der Waals surface area (Å²) in [7, 11) is 3.64. The third-order valence-electron chi connectivity index (χ3n) is 4.36. The molecule has 0 fully saturated rings. The predicted molar refractivity (Wildman–Crippen MR) is 109 cm³/mol. The van der Waals surface area contributed by atoms with E-state index in [0.29, 0.717) is 12.5 Å². The van der Waals surface area contributed by atoms with Crippen LogP contribution in [-0.2, 0) is 19.0 Å². The van der Waals surface area contributed by atoms with Gasteiger partial charge in [0.05, 0.1) is 13.2 Å². The number of nitrogens with zero attached hydrogens (tertiary/aromatic N) is 4. The first-order valence-electron chi connectivity index (χ1n) is 9.32. The molecule has 0 amide bonds. The fourth-order valence-electron chi connectivity index (χ4n) is 2.54. The minimum absolute atomic E-state index is 0.0566. The second kappa shape index (κ2) is 9.39. The maximum Gasteiger partial charge on any atom is 0.191 e. The predicted octanol–water partition coefficient (Wildman–Crippen LogP) is 2.49. The molecule has 0 atom stereocenters. The molecule has 0 unspecified atom stereocenters. The minimum atomic E-state index is -0.0566. The molecule has 0 aliphatic carbocycles. The van der Waals surface area contributed by atoms with Crippen molar-refractivity contribution in [3.05, 3.63) is 42.0 Å². The van der Waals surface area contributed by atoms with Crippen molar-refractivity contribution in [1.29, 1.82) is 0 Å². The first-order valence-corrected chi connectivity index (χ1v) is 9.32. The Morgan fingerprint density at radius 1 is 1.22 bits per heavy atom. The summed E-state index contributed by atoms with van der Waals surface area (Å²) in [6.45, 7) is 10.8. The molecule has 0 radical (unpaired) electrons. The Labute approximate surface area is 162 Å². The van der Waals surface area contributed by atoms with E-state index in [4.69, 9.17) is 4.74 Å². The number of nitrogens with one attached hydrogen (secondary N) is 2. The van der Waals surface area contributed by atoms with Crippen LogP contribution in [0.4, 0.5) is 0 Å². The van der Waals surface area contributed by atoms with Gasteiger partial charge in [-0.2, -0.15) is 5.10 Å². The number of benzene rings is 1. The topological polar surface area (TPSA) is 76.4 Å². The molecular weight excluding hydrogens is 340 g/mol. The molecule has 0 aliphatic heterocycles. The van der Waals surface area contributed by atoms with Gasteiger partial charge in [-0.25, -0.2) is 4.98 Å². The van der Waals surface area contributed by atoms with Crippen LogP contribution in [0.3, 0.4) is 0 Å². The molecule has 2 N–H and O–H groups in total. The van der Waals surface area contributed by atoms with Crippen LogP contribution in [0.15, 0.2) is 35.6 Å². The van der Waals surface area contributed by atoms with Gasteiger partial charge in [0, 0.05) is 26.1 Å². The zero-order chi connectivity index (χ0) is 19.9. The lowest BCUT2D eigenvalue weighted by Crippen LogP contribution is -2.43. The first kappa shape index (κ1) is 20.7. The van der Waals surface area contributed by atoms with E-state index in [1.54, 1.807) is 18.1 Å². The standard InChI is InChI=1S/C20H32N6O/c1-15(2)12-27-17-9-7-16(8-10-17)20(3,4)13-23-19(21-5)22-11-18-24-14-25-26(18)6/h7-10,14-15H,11-13H2,1-6H3,(H2,21,22,23). The van der Waals surface area contributed by atoms with Gasteiger partial charge in [0.25, 0.3) is 0 Å². The SMILES string of the molecule is CN=C(NCc1ncnn1C)NCC(C)(C)c1ccc(OCC(C)C)cc1. The smallest absolute Gasteiger partial charge is 0.191 e. The highest BCUT2D eigenvalue weighted by Crippen LogP contribution is 2.24. The van der Waals surface area contributed by atoms with E-state index in [9.17, 15) is 0 Å². The van der Waals surface area contributed by atoms with Crippen LogP contribution in [0.25, 0.3) is 0 Å². The normalized spacial score (nSPS) is 12.3. The van der Waals surface area contributed by atoms with Gasteiger partial charge >= 0.3 is 0 Å². The van der Waals surface area contributed by atoms with E-state index in [0.717, 1.165) is 30.7 Å². The average Bonchev–Trinajstić information content (AvgIpc) is 3.05. The van der Waals surface area contributed by atoms with E-state index < -0.39 is 0 Å². The van der Waals surface area contributed by atoms with E-state index in [-0.39, 0.29) is 5.41 Å². The average molecular weight is 373 g/mol. The van der Waals surface area contributed by atoms with Crippen LogP contribution in [0, 0.1) is 5.92 Å². The van der Waals surface area contributed by atoms with Crippen LogP contribution in [0.5, 0.6) is 5.75 Å². The van der Waals surface area contributed by atoms with Crippen LogP contribution in [-0.4, -0.2) is 40.9 Å². The Balaban J connectivity index is 1.89. The molecule has 0 saturated heterocycles. The van der Waals surface area contributed by atoms with E-state index >= 15 is 0 Å². The molecule has 7 heteroatoms. The van der Waals surface area contributed by atoms with Crippen molar-refractivity contribution in [2.24, 2.45) is 18.0 Å². The number of aliphatic imine (C=N–C) groups is 1. The molecule has 1 heterocycles. The molecule has 0 saturated carbocycles. The molecule has 0 bridgehead atoms. The Bertz CT molecular complexity index is 733. The van der Waals surface area contributed by atoms with Gasteiger partial charge in [-0.3, -0.25) is 9.67 Å². The summed E-state index contributed by atoms with van der Waals surface area (Å²) in [5, 5.41) is 10.7. The maximum absolute atomic E-state index is 5.77. The minimum Gasteiger partial charge on any atom is -0.493 e. The summed E-state index contributed by atoms with van der Waals surface area (Å²) < 4.78 is 7.51. The number of aromatic nitrogens is 3. The monoisotopic (exact) mass is 372 g/mol. The summed E-state index contributed by atoms with van der Waals surface area (Å²) in [6.07, 6.45) is 1.55. The maximum atomic E-state index is 5.77. The van der Waals surface area contributed by atoms with Gasteiger partial charge in [0.15, 0.2) is 5.96 Å². The highest BCUT2D eigenvalue weighted by atomic mass is 16.5. The molecular formula is C20H32N6O. The zero-order valence-corrected chi connectivity index (χ0v) is 17.3. The van der Waals surface area contributed by atoms with Gasteiger partial charge in [0.2, 0.25) is 0 Å². The van der Waals surface area contributed by atoms with Gasteiger partial charge in [-0.1, -0.05) is 39.8 Å². The molecule has 2 rings (SSSR count). The zero-order valence-electron chi connectivity index (χ0n) is 17.3. The highest BCUT2D eigenvalue weighted by Gasteiger charge is 2.21. The molecule has 1 aromatic heterocycles. The van der Waals surface area contributed by atoms with Crippen molar-refractivity contribution < 1.29 is 4.74 Å². The second-order valence-corrected chi connectivity index (χ2v) is 7.69. The molecule has 7 nitrogen and oxygen atoms in total. The van der Waals surface area contributed by atoms with Crippen molar-refractivity contribution in [3.8, 4) is 5.75 Å². The Morgan fingerprint density at radius 3 is 2.48 bits per heavy atom. The Hall–Kier alpha value is -2.57. The van der Waals surface area contributed by atoms with Gasteiger partial charge < -0.3 is 15.4 Å². The fraction of sp³-hybridized carbons (Fsp3) is 0.550. The van der Waals surface area contributed by atoms with Crippen molar-refractivity contribution in [2.45, 2.75) is 39.7 Å². The molecule has 1 aromatic carbocycles. The molecule has 2 aromatic rings. The van der Waals surface area contributed by atoms with E-state index in [1.807, 2.05) is 19.2 Å². The lowest BCUT2D eigenvalue weighted by molar-refractivity contribution is 0.271. The number of rotatable bonds is 8.